The van der Waals surface area contributed by atoms with E-state index in [0.29, 0.717) is 16.7 Å². The highest BCUT2D eigenvalue weighted by Crippen LogP contribution is 2.29. The van der Waals surface area contributed by atoms with E-state index in [4.69, 9.17) is 10.5 Å². The minimum Gasteiger partial charge on any atom is -0.462 e. The first kappa shape index (κ1) is 14.8. The molecule has 0 atom stereocenters. The van der Waals surface area contributed by atoms with Gasteiger partial charge in [0.25, 0.3) is 0 Å². The Kier molecular flexibility index (Phi) is 4.06. The van der Waals surface area contributed by atoms with E-state index in [2.05, 4.69) is 10.1 Å². The van der Waals surface area contributed by atoms with Crippen LogP contribution < -0.4 is 10.6 Å². The van der Waals surface area contributed by atoms with E-state index in [9.17, 15) is 9.59 Å². The molecule has 0 aliphatic rings. The van der Waals surface area contributed by atoms with Crippen molar-refractivity contribution in [2.45, 2.75) is 6.92 Å². The molecule has 0 fully saturated rings. The standard InChI is InChI=1S/C13H17N5O3/c1-4-21-13(20)9-5-15-12-8(6-16-18(12)3)11(9)17(2)7-10(14)19/h5-6H,4,7H2,1-3H3,(H2,14,19). The highest BCUT2D eigenvalue weighted by molar-refractivity contribution is 6.05. The summed E-state index contributed by atoms with van der Waals surface area (Å²) in [7, 11) is 3.42. The van der Waals surface area contributed by atoms with Crippen LogP contribution in [0.4, 0.5) is 5.69 Å². The van der Waals surface area contributed by atoms with Crippen molar-refractivity contribution in [1.29, 1.82) is 0 Å². The molecule has 2 N–H and O–H groups in total. The molecule has 1 amide bonds. The number of hydrogen-bond donors (Lipinski definition) is 1. The number of amides is 1. The number of rotatable bonds is 5. The van der Waals surface area contributed by atoms with Crippen LogP contribution in [0.1, 0.15) is 17.3 Å². The number of carbonyl (C=O) groups is 2. The second-order valence-electron chi connectivity index (χ2n) is 4.57. The Bertz CT molecular complexity index is 694. The highest BCUT2D eigenvalue weighted by Gasteiger charge is 2.22. The maximum atomic E-state index is 12.1. The van der Waals surface area contributed by atoms with Crippen LogP contribution in [0.3, 0.4) is 0 Å². The van der Waals surface area contributed by atoms with Crippen molar-refractivity contribution in [3.63, 3.8) is 0 Å². The van der Waals surface area contributed by atoms with Crippen molar-refractivity contribution < 1.29 is 14.3 Å². The number of primary amides is 1. The van der Waals surface area contributed by atoms with Gasteiger partial charge in [0.05, 0.1) is 30.4 Å². The largest absolute Gasteiger partial charge is 0.462 e. The maximum Gasteiger partial charge on any atom is 0.341 e. The SMILES string of the molecule is CCOC(=O)c1cnc2c(cnn2C)c1N(C)CC(N)=O. The van der Waals surface area contributed by atoms with Gasteiger partial charge in [-0.1, -0.05) is 0 Å². The zero-order valence-corrected chi connectivity index (χ0v) is 12.2. The lowest BCUT2D eigenvalue weighted by molar-refractivity contribution is -0.116. The third kappa shape index (κ3) is 2.78. The van der Waals surface area contributed by atoms with Gasteiger partial charge in [-0.15, -0.1) is 0 Å². The van der Waals surface area contributed by atoms with Crippen LogP contribution in [0.15, 0.2) is 12.4 Å². The van der Waals surface area contributed by atoms with Gasteiger partial charge in [0.15, 0.2) is 5.65 Å². The number of esters is 1. The number of carbonyl (C=O) groups excluding carboxylic acids is 2. The minimum atomic E-state index is -0.499. The number of aromatic nitrogens is 3. The van der Waals surface area contributed by atoms with Crippen molar-refractivity contribution in [3.8, 4) is 0 Å². The average molecular weight is 291 g/mol. The number of fused-ring (bicyclic) bond motifs is 1. The Morgan fingerprint density at radius 3 is 2.76 bits per heavy atom. The summed E-state index contributed by atoms with van der Waals surface area (Å²) >= 11 is 0. The fourth-order valence-electron chi connectivity index (χ4n) is 2.17. The fourth-order valence-corrected chi connectivity index (χ4v) is 2.17. The third-order valence-corrected chi connectivity index (χ3v) is 3.00. The van der Waals surface area contributed by atoms with E-state index in [0.717, 1.165) is 0 Å². The van der Waals surface area contributed by atoms with Gasteiger partial charge >= 0.3 is 5.97 Å². The lowest BCUT2D eigenvalue weighted by atomic mass is 10.1. The fraction of sp³-hybridized carbons (Fsp3) is 0.385. The van der Waals surface area contributed by atoms with Crippen LogP contribution in [0.5, 0.6) is 0 Å². The molecule has 2 aromatic heterocycles. The quantitative estimate of drug-likeness (QED) is 0.782. The second kappa shape index (κ2) is 5.78. The molecule has 0 aliphatic carbocycles. The molecule has 0 unspecified atom stereocenters. The van der Waals surface area contributed by atoms with Gasteiger partial charge in [0.1, 0.15) is 5.56 Å². The van der Waals surface area contributed by atoms with Gasteiger partial charge in [-0.3, -0.25) is 9.48 Å². The first-order valence-corrected chi connectivity index (χ1v) is 6.43. The van der Waals surface area contributed by atoms with Crippen molar-refractivity contribution >= 4 is 28.6 Å². The van der Waals surface area contributed by atoms with Crippen LogP contribution in [0, 0.1) is 0 Å². The molecule has 2 heterocycles. The highest BCUT2D eigenvalue weighted by atomic mass is 16.5. The molecule has 0 aliphatic heterocycles. The summed E-state index contributed by atoms with van der Waals surface area (Å²) in [4.78, 5) is 29.1. The number of nitrogens with zero attached hydrogens (tertiary/aromatic N) is 4. The van der Waals surface area contributed by atoms with Gasteiger partial charge in [-0.25, -0.2) is 9.78 Å². The Balaban J connectivity index is 2.62. The molecule has 8 nitrogen and oxygen atoms in total. The number of aryl methyl sites for hydroxylation is 1. The molecule has 8 heteroatoms. The lowest BCUT2D eigenvalue weighted by Crippen LogP contribution is -2.31. The topological polar surface area (TPSA) is 103 Å². The molecule has 112 valence electrons. The number of pyridine rings is 1. The number of likely N-dealkylation sites (N-methyl/N-ethyl adjacent to an activating group) is 1. The molecule has 2 aromatic rings. The maximum absolute atomic E-state index is 12.1. The van der Waals surface area contributed by atoms with Gasteiger partial charge in [0, 0.05) is 20.3 Å². The van der Waals surface area contributed by atoms with Gasteiger partial charge < -0.3 is 15.4 Å². The molecule has 0 spiro atoms. The van der Waals surface area contributed by atoms with E-state index in [1.165, 1.54) is 6.20 Å². The van der Waals surface area contributed by atoms with Crippen LogP contribution in [-0.4, -0.2) is 46.8 Å². The van der Waals surface area contributed by atoms with Gasteiger partial charge in [-0.05, 0) is 6.92 Å². The summed E-state index contributed by atoms with van der Waals surface area (Å²) in [6.45, 7) is 1.95. The van der Waals surface area contributed by atoms with E-state index in [-0.39, 0.29) is 18.7 Å². The van der Waals surface area contributed by atoms with Crippen LogP contribution in [0.25, 0.3) is 11.0 Å². The van der Waals surface area contributed by atoms with Crippen molar-refractivity contribution in [2.24, 2.45) is 12.8 Å². The lowest BCUT2D eigenvalue weighted by Gasteiger charge is -2.20. The van der Waals surface area contributed by atoms with Crippen molar-refractivity contribution in [2.75, 3.05) is 25.1 Å². The molecule has 0 saturated heterocycles. The number of ether oxygens (including phenoxy) is 1. The van der Waals surface area contributed by atoms with E-state index >= 15 is 0 Å². The number of anilines is 1. The molecule has 0 radical (unpaired) electrons. The number of nitrogens with two attached hydrogens (primary N) is 1. The van der Waals surface area contributed by atoms with E-state index < -0.39 is 11.9 Å². The third-order valence-electron chi connectivity index (χ3n) is 3.00. The summed E-state index contributed by atoms with van der Waals surface area (Å²) in [5.74, 6) is -0.997. The summed E-state index contributed by atoms with van der Waals surface area (Å²) in [6, 6.07) is 0. The van der Waals surface area contributed by atoms with Gasteiger partial charge in [0.2, 0.25) is 5.91 Å². The zero-order chi connectivity index (χ0) is 15.6. The Morgan fingerprint density at radius 2 is 2.14 bits per heavy atom. The Hall–Kier alpha value is -2.64. The molecule has 0 bridgehead atoms. The second-order valence-corrected chi connectivity index (χ2v) is 4.57. The normalized spacial score (nSPS) is 10.6. The first-order valence-electron chi connectivity index (χ1n) is 6.43. The number of hydrogen-bond acceptors (Lipinski definition) is 6. The van der Waals surface area contributed by atoms with Crippen molar-refractivity contribution in [3.05, 3.63) is 18.0 Å². The molecular formula is C13H17N5O3. The molecule has 0 aromatic carbocycles. The minimum absolute atomic E-state index is 0.0274. The van der Waals surface area contributed by atoms with Crippen LogP contribution >= 0.6 is 0 Å². The van der Waals surface area contributed by atoms with Gasteiger partial charge in [-0.2, -0.15) is 5.10 Å². The molecule has 0 saturated carbocycles. The molecular weight excluding hydrogens is 274 g/mol. The van der Waals surface area contributed by atoms with Crippen LogP contribution in [0.2, 0.25) is 0 Å². The van der Waals surface area contributed by atoms with Crippen LogP contribution in [-0.2, 0) is 16.6 Å². The molecule has 2 rings (SSSR count). The predicted octanol–water partition coefficient (Wildman–Crippen LogP) is 0.0665. The average Bonchev–Trinajstić information content (AvgIpc) is 2.79. The predicted molar refractivity (Wildman–Crippen MR) is 76.9 cm³/mol. The first-order chi connectivity index (χ1) is 9.95. The zero-order valence-electron chi connectivity index (χ0n) is 12.2. The summed E-state index contributed by atoms with van der Waals surface area (Å²) in [6.07, 6.45) is 3.02. The summed E-state index contributed by atoms with van der Waals surface area (Å²) in [5, 5.41) is 4.78. The van der Waals surface area contributed by atoms with E-state index in [1.54, 1.807) is 36.8 Å². The summed E-state index contributed by atoms with van der Waals surface area (Å²) in [5.41, 5.74) is 6.65. The summed E-state index contributed by atoms with van der Waals surface area (Å²) < 4.78 is 6.62. The Morgan fingerprint density at radius 1 is 1.43 bits per heavy atom. The monoisotopic (exact) mass is 291 g/mol. The molecule has 21 heavy (non-hydrogen) atoms. The Labute approximate surface area is 121 Å². The van der Waals surface area contributed by atoms with E-state index in [1.807, 2.05) is 0 Å². The smallest absolute Gasteiger partial charge is 0.341 e. The van der Waals surface area contributed by atoms with Crippen molar-refractivity contribution in [1.82, 2.24) is 14.8 Å².